The van der Waals surface area contributed by atoms with E-state index in [-0.39, 0.29) is 37.8 Å². The minimum Gasteiger partial charge on any atom is -0.463 e. The number of esters is 4. The monoisotopic (exact) mass is 888 g/mol. The smallest absolute Gasteiger partial charge is 0.303 e. The van der Waals surface area contributed by atoms with Crippen molar-refractivity contribution in [3.8, 4) is 0 Å². The Morgan fingerprint density at radius 3 is 1.83 bits per heavy atom. The first-order chi connectivity index (χ1) is 30.4. The van der Waals surface area contributed by atoms with Crippen LogP contribution in [0.15, 0.2) is 78.9 Å². The summed E-state index contributed by atoms with van der Waals surface area (Å²) in [5.41, 5.74) is 4.76. The number of nitrogens with one attached hydrogen (secondary N) is 1. The van der Waals surface area contributed by atoms with Crippen LogP contribution < -0.4 is 5.32 Å². The lowest BCUT2D eigenvalue weighted by Crippen LogP contribution is -2.62. The molecule has 63 heavy (non-hydrogen) atoms. The number of ether oxygens (including phenoxy) is 7. The molecule has 0 aliphatic carbocycles. The van der Waals surface area contributed by atoms with E-state index >= 15 is 0 Å². The number of aliphatic hydroxyl groups is 1. The van der Waals surface area contributed by atoms with Crippen LogP contribution in [0, 0.1) is 0 Å². The summed E-state index contributed by atoms with van der Waals surface area (Å²) in [6.07, 6.45) is -0.809. The Hall–Kier alpha value is -4.77. The first-order valence-electron chi connectivity index (χ1n) is 21.8. The molecule has 3 saturated heterocycles. The van der Waals surface area contributed by atoms with Gasteiger partial charge in [0.25, 0.3) is 0 Å². The van der Waals surface area contributed by atoms with E-state index in [1.807, 2.05) is 54.6 Å². The molecular formula is C48H60N2O12S. The SMILES string of the molecule is CC(=O)OCC1OC(CC(=S)NCc2ccc(C3OC(CN4CCCCCCC4)C(c4ccccc4)C(c4ccc(CO)cc4)O3)cc2)C(OC(C)=O)C(OC(C)=O)C1OC(C)=O. The van der Waals surface area contributed by atoms with Crippen molar-refractivity contribution in [3.05, 3.63) is 107 Å². The summed E-state index contributed by atoms with van der Waals surface area (Å²) in [5.74, 6) is -2.77. The number of likely N-dealkylation sites (tertiary alicyclic amines) is 1. The van der Waals surface area contributed by atoms with Crippen molar-refractivity contribution in [2.24, 2.45) is 0 Å². The van der Waals surface area contributed by atoms with Gasteiger partial charge in [0, 0.05) is 58.7 Å². The van der Waals surface area contributed by atoms with Gasteiger partial charge in [-0.3, -0.25) is 19.2 Å². The Bertz CT molecular complexity index is 1970. The zero-order valence-electron chi connectivity index (χ0n) is 36.5. The molecular weight excluding hydrogens is 829 g/mol. The zero-order valence-corrected chi connectivity index (χ0v) is 37.3. The van der Waals surface area contributed by atoms with Crippen LogP contribution in [0.3, 0.4) is 0 Å². The van der Waals surface area contributed by atoms with E-state index in [2.05, 4.69) is 34.5 Å². The number of thiocarbonyl (C=S) groups is 1. The van der Waals surface area contributed by atoms with E-state index in [0.29, 0.717) is 11.5 Å². The van der Waals surface area contributed by atoms with E-state index in [1.165, 1.54) is 47.0 Å². The third-order valence-electron chi connectivity index (χ3n) is 11.6. The van der Waals surface area contributed by atoms with Crippen molar-refractivity contribution < 1.29 is 57.4 Å². The average Bonchev–Trinajstić information content (AvgIpc) is 3.25. The maximum atomic E-state index is 12.3. The summed E-state index contributed by atoms with van der Waals surface area (Å²) >= 11 is 5.75. The van der Waals surface area contributed by atoms with Crippen molar-refractivity contribution in [1.82, 2.24) is 10.2 Å². The highest BCUT2D eigenvalue weighted by Crippen LogP contribution is 2.47. The summed E-state index contributed by atoms with van der Waals surface area (Å²) in [4.78, 5) is 51.3. The third kappa shape index (κ3) is 13.6. The van der Waals surface area contributed by atoms with Crippen LogP contribution in [0.25, 0.3) is 0 Å². The fourth-order valence-electron chi connectivity index (χ4n) is 8.65. The second-order valence-corrected chi connectivity index (χ2v) is 16.9. The molecule has 0 saturated carbocycles. The Morgan fingerprint density at radius 2 is 1.22 bits per heavy atom. The minimum atomic E-state index is -1.27. The number of hydrogen-bond acceptors (Lipinski definition) is 14. The Morgan fingerprint density at radius 1 is 0.651 bits per heavy atom. The van der Waals surface area contributed by atoms with E-state index < -0.39 is 60.7 Å². The van der Waals surface area contributed by atoms with Crippen LogP contribution in [0.1, 0.15) is 112 Å². The highest BCUT2D eigenvalue weighted by Gasteiger charge is 2.52. The van der Waals surface area contributed by atoms with Gasteiger partial charge in [-0.05, 0) is 48.2 Å². The van der Waals surface area contributed by atoms with Crippen LogP contribution in [-0.4, -0.2) is 102 Å². The van der Waals surface area contributed by atoms with E-state index in [1.54, 1.807) is 0 Å². The third-order valence-corrected chi connectivity index (χ3v) is 11.9. The predicted octanol–water partition coefficient (Wildman–Crippen LogP) is 6.32. The highest BCUT2D eigenvalue weighted by atomic mass is 32.1. The maximum absolute atomic E-state index is 12.3. The molecule has 3 aromatic carbocycles. The molecule has 3 heterocycles. The van der Waals surface area contributed by atoms with Gasteiger partial charge in [-0.15, -0.1) is 0 Å². The van der Waals surface area contributed by atoms with E-state index in [0.717, 1.165) is 60.3 Å². The Kier molecular flexibility index (Phi) is 17.6. The van der Waals surface area contributed by atoms with E-state index in [9.17, 15) is 24.3 Å². The molecule has 3 aliphatic heterocycles. The van der Waals surface area contributed by atoms with Crippen molar-refractivity contribution in [2.75, 3.05) is 26.2 Å². The molecule has 0 amide bonds. The first-order valence-corrected chi connectivity index (χ1v) is 22.2. The molecule has 0 radical (unpaired) electrons. The molecule has 0 spiro atoms. The first kappa shape index (κ1) is 47.7. The molecule has 9 atom stereocenters. The van der Waals surface area contributed by atoms with Crippen molar-refractivity contribution >= 4 is 41.1 Å². The molecule has 9 unspecified atom stereocenters. The fraction of sp³-hybridized carbons (Fsp3) is 0.521. The summed E-state index contributed by atoms with van der Waals surface area (Å²) in [6, 6.07) is 26.4. The lowest BCUT2D eigenvalue weighted by atomic mass is 9.83. The van der Waals surface area contributed by atoms with Gasteiger partial charge in [-0.1, -0.05) is 110 Å². The number of carbonyl (C=O) groups excluding carboxylic acids is 4. The average molecular weight is 889 g/mol. The van der Waals surface area contributed by atoms with Gasteiger partial charge in [-0.2, -0.15) is 0 Å². The van der Waals surface area contributed by atoms with Crippen LogP contribution in [0.2, 0.25) is 0 Å². The van der Waals surface area contributed by atoms with Crippen molar-refractivity contribution in [3.63, 3.8) is 0 Å². The number of nitrogens with zero attached hydrogens (tertiary/aromatic N) is 1. The minimum absolute atomic E-state index is 0.0257. The molecule has 14 nitrogen and oxygen atoms in total. The molecule has 3 fully saturated rings. The summed E-state index contributed by atoms with van der Waals surface area (Å²) in [6.45, 7) is 7.57. The van der Waals surface area contributed by atoms with Gasteiger partial charge in [0.2, 0.25) is 0 Å². The maximum Gasteiger partial charge on any atom is 0.303 e. The van der Waals surface area contributed by atoms with Gasteiger partial charge in [0.1, 0.15) is 18.8 Å². The predicted molar refractivity (Wildman–Crippen MR) is 235 cm³/mol. The summed E-state index contributed by atoms with van der Waals surface area (Å²) < 4.78 is 42.1. The van der Waals surface area contributed by atoms with Crippen molar-refractivity contribution in [1.29, 1.82) is 0 Å². The second kappa shape index (κ2) is 23.2. The van der Waals surface area contributed by atoms with Crippen LogP contribution in [-0.2, 0) is 65.5 Å². The number of hydrogen-bond donors (Lipinski definition) is 2. The molecule has 2 N–H and O–H groups in total. The zero-order chi connectivity index (χ0) is 44.9. The van der Waals surface area contributed by atoms with Crippen LogP contribution >= 0.6 is 12.2 Å². The molecule has 0 aromatic heterocycles. The van der Waals surface area contributed by atoms with Gasteiger partial charge < -0.3 is 48.5 Å². The number of carbonyl (C=O) groups is 4. The highest BCUT2D eigenvalue weighted by molar-refractivity contribution is 7.80. The molecule has 0 bridgehead atoms. The van der Waals surface area contributed by atoms with Gasteiger partial charge >= 0.3 is 23.9 Å². The normalized spacial score (nSPS) is 26.6. The molecule has 340 valence electrons. The largest absolute Gasteiger partial charge is 0.463 e. The van der Waals surface area contributed by atoms with Crippen LogP contribution in [0.5, 0.6) is 0 Å². The molecule has 6 rings (SSSR count). The fourth-order valence-corrected chi connectivity index (χ4v) is 8.88. The second-order valence-electron chi connectivity index (χ2n) is 16.4. The quantitative estimate of drug-likeness (QED) is 0.0988. The summed E-state index contributed by atoms with van der Waals surface area (Å²) in [7, 11) is 0. The van der Waals surface area contributed by atoms with Gasteiger partial charge in [0.05, 0.1) is 23.8 Å². The topological polar surface area (TPSA) is 168 Å². The van der Waals surface area contributed by atoms with Gasteiger partial charge in [-0.25, -0.2) is 0 Å². The Balaban J connectivity index is 1.19. The van der Waals surface area contributed by atoms with Gasteiger partial charge in [0.15, 0.2) is 24.6 Å². The molecule has 3 aliphatic rings. The number of rotatable bonds is 15. The van der Waals surface area contributed by atoms with E-state index in [4.69, 9.17) is 45.4 Å². The van der Waals surface area contributed by atoms with Crippen molar-refractivity contribution in [2.45, 2.75) is 134 Å². The number of benzene rings is 3. The lowest BCUT2D eigenvalue weighted by Gasteiger charge is -2.44. The summed E-state index contributed by atoms with van der Waals surface area (Å²) in [5, 5.41) is 13.1. The Labute approximate surface area is 374 Å². The number of aliphatic hydroxyl groups excluding tert-OH is 1. The molecule has 15 heteroatoms. The lowest BCUT2D eigenvalue weighted by molar-refractivity contribution is -0.263. The standard InChI is InChI=1S/C48H60N2O12S/c1-30(52)56-29-41-46(58-32(3)54)47(59-33(4)55)45(57-31(2)53)39(60-41)25-42(63)49-26-34-15-21-38(22-16-34)48-61-40(27-50-23-11-6-5-7-12-24-50)43(36-13-9-8-10-14-36)44(62-48)37-19-17-35(28-51)18-20-37/h8-10,13-22,39-41,43-48,51H,5-7,11-12,23-29H2,1-4H3,(H,49,63). The molecule has 3 aromatic rings. The van der Waals surface area contributed by atoms with Crippen LogP contribution in [0.4, 0.5) is 0 Å².